The Morgan fingerprint density at radius 2 is 1.62 bits per heavy atom. The van der Waals surface area contributed by atoms with E-state index in [4.69, 9.17) is 23.2 Å². The first-order valence-corrected chi connectivity index (χ1v) is 8.38. The molecule has 3 rings (SSSR count). The van der Waals surface area contributed by atoms with E-state index >= 15 is 0 Å². The highest BCUT2D eigenvalue weighted by atomic mass is 35.5. The van der Waals surface area contributed by atoms with Gasteiger partial charge in [-0.1, -0.05) is 23.2 Å². The number of piperazine rings is 1. The molecule has 0 unspecified atom stereocenters. The smallest absolute Gasteiger partial charge is 0.255 e. The lowest BCUT2D eigenvalue weighted by molar-refractivity contribution is 0.0747. The van der Waals surface area contributed by atoms with Crippen molar-refractivity contribution in [2.45, 2.75) is 0 Å². The highest BCUT2D eigenvalue weighted by Gasteiger charge is 2.23. The summed E-state index contributed by atoms with van der Waals surface area (Å²) in [5, 5.41) is 0.888. The molecule has 1 aliphatic heterocycles. The number of nitrogens with zero attached hydrogens (tertiary/aromatic N) is 2. The first-order valence-electron chi connectivity index (χ1n) is 7.63. The molecule has 4 nitrogen and oxygen atoms in total. The van der Waals surface area contributed by atoms with Gasteiger partial charge in [-0.25, -0.2) is 0 Å². The minimum absolute atomic E-state index is 0.0763. The molecule has 1 aliphatic rings. The van der Waals surface area contributed by atoms with Crippen LogP contribution in [0.5, 0.6) is 0 Å². The first kappa shape index (κ1) is 16.8. The summed E-state index contributed by atoms with van der Waals surface area (Å²) < 4.78 is 0. The van der Waals surface area contributed by atoms with E-state index in [9.17, 15) is 9.59 Å². The maximum Gasteiger partial charge on any atom is 0.255 e. The predicted octanol–water partition coefficient (Wildman–Crippen LogP) is 3.77. The molecule has 1 amide bonds. The predicted molar refractivity (Wildman–Crippen MR) is 96.4 cm³/mol. The number of benzene rings is 2. The van der Waals surface area contributed by atoms with Gasteiger partial charge >= 0.3 is 0 Å². The van der Waals surface area contributed by atoms with Gasteiger partial charge in [0.25, 0.3) is 5.91 Å². The van der Waals surface area contributed by atoms with Crippen LogP contribution in [-0.4, -0.2) is 43.3 Å². The summed E-state index contributed by atoms with van der Waals surface area (Å²) in [4.78, 5) is 27.3. The quantitative estimate of drug-likeness (QED) is 0.780. The number of rotatable bonds is 3. The Kier molecular flexibility index (Phi) is 5.07. The Balaban J connectivity index is 1.65. The molecule has 0 spiro atoms. The van der Waals surface area contributed by atoms with Crippen LogP contribution in [0.15, 0.2) is 42.5 Å². The molecule has 0 radical (unpaired) electrons. The van der Waals surface area contributed by atoms with Gasteiger partial charge in [0.05, 0.1) is 10.6 Å². The fourth-order valence-corrected chi connectivity index (χ4v) is 3.25. The molecule has 2 aromatic rings. The van der Waals surface area contributed by atoms with Crippen molar-refractivity contribution < 1.29 is 9.59 Å². The molecule has 1 heterocycles. The molecule has 0 bridgehead atoms. The third-order valence-electron chi connectivity index (χ3n) is 4.12. The van der Waals surface area contributed by atoms with Crippen molar-refractivity contribution in [2.75, 3.05) is 31.1 Å². The summed E-state index contributed by atoms with van der Waals surface area (Å²) >= 11 is 12.0. The van der Waals surface area contributed by atoms with Gasteiger partial charge < -0.3 is 9.80 Å². The molecule has 0 N–H and O–H groups in total. The van der Waals surface area contributed by atoms with E-state index in [0.717, 1.165) is 25.1 Å². The highest BCUT2D eigenvalue weighted by Crippen LogP contribution is 2.23. The monoisotopic (exact) mass is 362 g/mol. The van der Waals surface area contributed by atoms with Gasteiger partial charge in [0, 0.05) is 42.5 Å². The Hall–Kier alpha value is -2.04. The normalized spacial score (nSPS) is 14.6. The average Bonchev–Trinajstić information content (AvgIpc) is 2.61. The van der Waals surface area contributed by atoms with Gasteiger partial charge in [0.2, 0.25) is 0 Å². The van der Waals surface area contributed by atoms with Crippen LogP contribution in [0.1, 0.15) is 20.7 Å². The second kappa shape index (κ2) is 7.24. The molecule has 1 saturated heterocycles. The number of carbonyl (C=O) groups is 2. The van der Waals surface area contributed by atoms with E-state index in [1.165, 1.54) is 0 Å². The minimum atomic E-state index is -0.0763. The highest BCUT2D eigenvalue weighted by molar-refractivity contribution is 6.36. The first-order chi connectivity index (χ1) is 11.6. The van der Waals surface area contributed by atoms with Gasteiger partial charge in [-0.3, -0.25) is 9.59 Å². The summed E-state index contributed by atoms with van der Waals surface area (Å²) in [6.45, 7) is 2.70. The molecule has 0 atom stereocenters. The number of carbonyl (C=O) groups excluding carboxylic acids is 2. The van der Waals surface area contributed by atoms with Crippen molar-refractivity contribution in [3.05, 3.63) is 63.6 Å². The fraction of sp³-hybridized carbons (Fsp3) is 0.222. The average molecular weight is 363 g/mol. The molecule has 6 heteroatoms. The lowest BCUT2D eigenvalue weighted by Gasteiger charge is -2.36. The summed E-state index contributed by atoms with van der Waals surface area (Å²) in [6.07, 6.45) is 0.830. The van der Waals surface area contributed by atoms with Crippen molar-refractivity contribution in [3.8, 4) is 0 Å². The SMILES string of the molecule is O=Cc1ccc(N2CCN(C(=O)c3ccc(Cl)cc3Cl)CC2)cc1. The molecule has 24 heavy (non-hydrogen) atoms. The van der Waals surface area contributed by atoms with Crippen LogP contribution in [0.4, 0.5) is 5.69 Å². The molecule has 2 aromatic carbocycles. The molecule has 1 fully saturated rings. The van der Waals surface area contributed by atoms with Crippen molar-refractivity contribution in [2.24, 2.45) is 0 Å². The summed E-state index contributed by atoms with van der Waals surface area (Å²) in [5.74, 6) is -0.0763. The number of halogens is 2. The van der Waals surface area contributed by atoms with Gasteiger partial charge in [-0.05, 0) is 42.5 Å². The fourth-order valence-electron chi connectivity index (χ4n) is 2.76. The van der Waals surface area contributed by atoms with E-state index in [1.807, 2.05) is 12.1 Å². The third-order valence-corrected chi connectivity index (χ3v) is 4.67. The summed E-state index contributed by atoms with van der Waals surface area (Å²) in [5.41, 5.74) is 2.19. The lowest BCUT2D eigenvalue weighted by Crippen LogP contribution is -2.48. The van der Waals surface area contributed by atoms with Gasteiger partial charge in [0.1, 0.15) is 6.29 Å². The van der Waals surface area contributed by atoms with E-state index in [1.54, 1.807) is 35.2 Å². The van der Waals surface area contributed by atoms with Crippen LogP contribution in [0, 0.1) is 0 Å². The van der Waals surface area contributed by atoms with E-state index in [-0.39, 0.29) is 5.91 Å². The van der Waals surface area contributed by atoms with Crippen LogP contribution in [0.3, 0.4) is 0 Å². The molecule has 124 valence electrons. The number of anilines is 1. The Labute approximate surface area is 150 Å². The second-order valence-electron chi connectivity index (χ2n) is 5.61. The van der Waals surface area contributed by atoms with Crippen LogP contribution >= 0.6 is 23.2 Å². The molecular formula is C18H16Cl2N2O2. The number of amides is 1. The van der Waals surface area contributed by atoms with E-state index in [2.05, 4.69) is 4.90 Å². The Morgan fingerprint density at radius 1 is 0.958 bits per heavy atom. The second-order valence-corrected chi connectivity index (χ2v) is 6.46. The van der Waals surface area contributed by atoms with Gasteiger partial charge in [-0.2, -0.15) is 0 Å². The largest absolute Gasteiger partial charge is 0.368 e. The van der Waals surface area contributed by atoms with Crippen LogP contribution in [0.25, 0.3) is 0 Å². The lowest BCUT2D eigenvalue weighted by atomic mass is 10.1. The standard InChI is InChI=1S/C18H16Cl2N2O2/c19-14-3-6-16(17(20)11-14)18(24)22-9-7-21(8-10-22)15-4-1-13(12-23)2-5-15/h1-6,11-12H,7-10H2. The summed E-state index contributed by atoms with van der Waals surface area (Å²) in [7, 11) is 0. The zero-order valence-corrected chi connectivity index (χ0v) is 14.4. The topological polar surface area (TPSA) is 40.6 Å². The molecule has 0 aliphatic carbocycles. The summed E-state index contributed by atoms with van der Waals surface area (Å²) in [6, 6.07) is 12.4. The number of hydrogen-bond donors (Lipinski definition) is 0. The minimum Gasteiger partial charge on any atom is -0.368 e. The Morgan fingerprint density at radius 3 is 2.21 bits per heavy atom. The maximum absolute atomic E-state index is 12.6. The number of hydrogen-bond acceptors (Lipinski definition) is 3. The van der Waals surface area contributed by atoms with Crippen LogP contribution < -0.4 is 4.90 Å². The van der Waals surface area contributed by atoms with Gasteiger partial charge in [-0.15, -0.1) is 0 Å². The van der Waals surface area contributed by atoms with Crippen molar-refractivity contribution in [3.63, 3.8) is 0 Å². The maximum atomic E-state index is 12.6. The van der Waals surface area contributed by atoms with Crippen molar-refractivity contribution in [1.82, 2.24) is 4.90 Å². The molecular weight excluding hydrogens is 347 g/mol. The third kappa shape index (κ3) is 3.55. The van der Waals surface area contributed by atoms with Crippen LogP contribution in [0.2, 0.25) is 10.0 Å². The van der Waals surface area contributed by atoms with Crippen molar-refractivity contribution in [1.29, 1.82) is 0 Å². The van der Waals surface area contributed by atoms with Crippen molar-refractivity contribution >= 4 is 41.1 Å². The zero-order valence-electron chi connectivity index (χ0n) is 12.9. The number of aldehydes is 1. The zero-order chi connectivity index (χ0) is 17.1. The van der Waals surface area contributed by atoms with E-state index in [0.29, 0.717) is 34.3 Å². The molecule has 0 aromatic heterocycles. The van der Waals surface area contributed by atoms with E-state index < -0.39 is 0 Å². The molecule has 0 saturated carbocycles. The Bertz CT molecular complexity index is 754. The van der Waals surface area contributed by atoms with Gasteiger partial charge in [0.15, 0.2) is 0 Å². The van der Waals surface area contributed by atoms with Crippen LogP contribution in [-0.2, 0) is 0 Å².